The van der Waals surface area contributed by atoms with Crippen LogP contribution in [0.3, 0.4) is 0 Å². The van der Waals surface area contributed by atoms with Crippen LogP contribution < -0.4 is 16.0 Å². The van der Waals surface area contributed by atoms with Gasteiger partial charge >= 0.3 is 11.7 Å². The highest BCUT2D eigenvalue weighted by molar-refractivity contribution is 5.79. The Bertz CT molecular complexity index is 1360. The number of rotatable bonds is 17. The van der Waals surface area contributed by atoms with E-state index >= 15 is 0 Å². The van der Waals surface area contributed by atoms with E-state index in [-0.39, 0.29) is 11.2 Å². The van der Waals surface area contributed by atoms with Crippen LogP contribution in [0.15, 0.2) is 64.2 Å². The summed E-state index contributed by atoms with van der Waals surface area (Å²) < 4.78 is 13.9. The van der Waals surface area contributed by atoms with Gasteiger partial charge in [-0.1, -0.05) is 81.5 Å². The second-order valence-corrected chi connectivity index (χ2v) is 10.9. The smallest absolute Gasteiger partial charge is 0.349 e. The first-order chi connectivity index (χ1) is 19.8. The van der Waals surface area contributed by atoms with Crippen LogP contribution in [0.25, 0.3) is 11.3 Å². The van der Waals surface area contributed by atoms with Crippen molar-refractivity contribution in [3.05, 3.63) is 81.0 Å². The highest BCUT2D eigenvalue weighted by Gasteiger charge is 2.31. The molecule has 0 N–H and O–H groups in total. The van der Waals surface area contributed by atoms with Gasteiger partial charge in [0.15, 0.2) is 11.3 Å². The van der Waals surface area contributed by atoms with Gasteiger partial charge in [-0.05, 0) is 64.2 Å². The van der Waals surface area contributed by atoms with E-state index in [0.717, 1.165) is 56.1 Å². The molecule has 41 heavy (non-hydrogen) atoms. The minimum atomic E-state index is -1.08. The zero-order valence-electron chi connectivity index (χ0n) is 25.1. The average Bonchev–Trinajstić information content (AvgIpc) is 2.96. The van der Waals surface area contributed by atoms with E-state index in [9.17, 15) is 14.4 Å². The molecule has 0 aliphatic rings. The third-order valence-corrected chi connectivity index (χ3v) is 7.03. The van der Waals surface area contributed by atoms with E-state index in [1.165, 1.54) is 15.7 Å². The number of esters is 1. The Labute approximate surface area is 243 Å². The molecule has 0 saturated heterocycles. The standard InChI is InChI=1S/C33H45N3O5/c1-5-7-8-9-16-24-36-32(39)35(30(37)29(34-36)27-20-13-10-14-21-27)23-15-11-12-18-26-19-17-22-28(25-26)41-33(3,4)31(38)40-6-2/h10,13-14,17,19-22,25H,5-9,11-12,15-16,18,23-24H2,1-4H3. The zero-order chi connectivity index (χ0) is 29.7. The molecule has 0 aliphatic heterocycles. The molecule has 0 spiro atoms. The van der Waals surface area contributed by atoms with Gasteiger partial charge in [-0.25, -0.2) is 14.3 Å². The van der Waals surface area contributed by atoms with Crippen molar-refractivity contribution in [1.29, 1.82) is 0 Å². The maximum absolute atomic E-state index is 13.3. The minimum Gasteiger partial charge on any atom is -0.476 e. The number of hydrogen-bond acceptors (Lipinski definition) is 6. The summed E-state index contributed by atoms with van der Waals surface area (Å²) >= 11 is 0. The normalized spacial score (nSPS) is 11.4. The number of carbonyl (C=O) groups is 1. The number of aryl methyl sites for hydroxylation is 2. The molecule has 8 nitrogen and oxygen atoms in total. The molecule has 222 valence electrons. The van der Waals surface area contributed by atoms with Crippen LogP contribution >= 0.6 is 0 Å². The van der Waals surface area contributed by atoms with Crippen LogP contribution in [0.4, 0.5) is 0 Å². The summed E-state index contributed by atoms with van der Waals surface area (Å²) in [4.78, 5) is 38.7. The quantitative estimate of drug-likeness (QED) is 0.144. The van der Waals surface area contributed by atoms with Crippen molar-refractivity contribution in [2.24, 2.45) is 0 Å². The van der Waals surface area contributed by atoms with Gasteiger partial charge in [-0.15, -0.1) is 0 Å². The van der Waals surface area contributed by atoms with Crippen LogP contribution in [0, 0.1) is 0 Å². The van der Waals surface area contributed by atoms with Gasteiger partial charge in [0.1, 0.15) is 5.75 Å². The maximum Gasteiger partial charge on any atom is 0.349 e. The third-order valence-electron chi connectivity index (χ3n) is 7.03. The Balaban J connectivity index is 1.63. The number of hydrogen-bond donors (Lipinski definition) is 0. The van der Waals surface area contributed by atoms with Gasteiger partial charge in [0.25, 0.3) is 5.56 Å². The van der Waals surface area contributed by atoms with E-state index in [4.69, 9.17) is 9.47 Å². The molecule has 3 rings (SSSR count). The highest BCUT2D eigenvalue weighted by Crippen LogP contribution is 2.22. The van der Waals surface area contributed by atoms with Crippen molar-refractivity contribution >= 4 is 5.97 Å². The van der Waals surface area contributed by atoms with Crippen molar-refractivity contribution in [3.8, 4) is 17.0 Å². The first-order valence-corrected chi connectivity index (χ1v) is 15.0. The summed E-state index contributed by atoms with van der Waals surface area (Å²) in [6, 6.07) is 17.1. The van der Waals surface area contributed by atoms with Gasteiger partial charge in [0.2, 0.25) is 0 Å². The lowest BCUT2D eigenvalue weighted by atomic mass is 10.1. The molecule has 2 aromatic carbocycles. The van der Waals surface area contributed by atoms with Gasteiger partial charge in [0.05, 0.1) is 6.61 Å². The Hall–Kier alpha value is -3.68. The van der Waals surface area contributed by atoms with Crippen molar-refractivity contribution in [2.45, 2.75) is 104 Å². The maximum atomic E-state index is 13.3. The van der Waals surface area contributed by atoms with Crippen LogP contribution in [0.1, 0.15) is 84.6 Å². The number of nitrogens with zero attached hydrogens (tertiary/aromatic N) is 3. The Morgan fingerprint density at radius 3 is 2.29 bits per heavy atom. The first-order valence-electron chi connectivity index (χ1n) is 15.0. The van der Waals surface area contributed by atoms with Crippen molar-refractivity contribution in [3.63, 3.8) is 0 Å². The molecular weight excluding hydrogens is 518 g/mol. The van der Waals surface area contributed by atoms with E-state index in [1.807, 2.05) is 54.6 Å². The highest BCUT2D eigenvalue weighted by atomic mass is 16.6. The number of aromatic nitrogens is 3. The van der Waals surface area contributed by atoms with Gasteiger partial charge in [-0.2, -0.15) is 5.10 Å². The second kappa shape index (κ2) is 15.9. The molecule has 0 radical (unpaired) electrons. The topological polar surface area (TPSA) is 92.4 Å². The Kier molecular flexibility index (Phi) is 12.4. The molecule has 0 saturated carbocycles. The van der Waals surface area contributed by atoms with Crippen LogP contribution in [-0.4, -0.2) is 32.5 Å². The lowest BCUT2D eigenvalue weighted by Crippen LogP contribution is -2.42. The number of ether oxygens (including phenoxy) is 2. The average molecular weight is 564 g/mol. The molecule has 0 bridgehead atoms. The molecule has 0 amide bonds. The fraction of sp³-hybridized carbons (Fsp3) is 0.515. The van der Waals surface area contributed by atoms with E-state index in [0.29, 0.717) is 37.6 Å². The van der Waals surface area contributed by atoms with Gasteiger partial charge in [0, 0.05) is 18.7 Å². The number of benzene rings is 2. The van der Waals surface area contributed by atoms with Crippen LogP contribution in [0.5, 0.6) is 5.75 Å². The van der Waals surface area contributed by atoms with E-state index in [1.54, 1.807) is 20.8 Å². The molecule has 0 atom stereocenters. The van der Waals surface area contributed by atoms with Crippen molar-refractivity contribution in [1.82, 2.24) is 14.3 Å². The fourth-order valence-electron chi connectivity index (χ4n) is 4.73. The van der Waals surface area contributed by atoms with Gasteiger partial charge < -0.3 is 9.47 Å². The van der Waals surface area contributed by atoms with Gasteiger partial charge in [-0.3, -0.25) is 9.36 Å². The number of carbonyl (C=O) groups excluding carboxylic acids is 1. The fourth-order valence-corrected chi connectivity index (χ4v) is 4.73. The third kappa shape index (κ3) is 9.44. The summed E-state index contributed by atoms with van der Waals surface area (Å²) in [5.41, 5.74) is 0.394. The molecule has 8 heteroatoms. The molecule has 1 heterocycles. The monoisotopic (exact) mass is 563 g/mol. The molecule has 0 unspecified atom stereocenters. The minimum absolute atomic E-state index is 0.303. The summed E-state index contributed by atoms with van der Waals surface area (Å²) in [6.45, 7) is 8.51. The molecule has 3 aromatic rings. The van der Waals surface area contributed by atoms with Crippen LogP contribution in [-0.2, 0) is 29.0 Å². The van der Waals surface area contributed by atoms with Crippen molar-refractivity contribution in [2.75, 3.05) is 6.61 Å². The van der Waals surface area contributed by atoms with Crippen LogP contribution in [0.2, 0.25) is 0 Å². The Morgan fingerprint density at radius 1 is 0.854 bits per heavy atom. The number of unbranched alkanes of at least 4 members (excludes halogenated alkanes) is 6. The first kappa shape index (κ1) is 31.8. The van der Waals surface area contributed by atoms with E-state index in [2.05, 4.69) is 12.0 Å². The lowest BCUT2D eigenvalue weighted by molar-refractivity contribution is -0.158. The largest absolute Gasteiger partial charge is 0.476 e. The Morgan fingerprint density at radius 2 is 1.56 bits per heavy atom. The second-order valence-electron chi connectivity index (χ2n) is 10.9. The zero-order valence-corrected chi connectivity index (χ0v) is 25.1. The van der Waals surface area contributed by atoms with Crippen molar-refractivity contribution < 1.29 is 14.3 Å². The molecule has 0 fully saturated rings. The summed E-state index contributed by atoms with van der Waals surface area (Å²) in [6.07, 6.45) is 8.64. The molecule has 0 aliphatic carbocycles. The predicted molar refractivity (Wildman–Crippen MR) is 162 cm³/mol. The summed E-state index contributed by atoms with van der Waals surface area (Å²) in [5.74, 6) is 0.218. The molecular formula is C33H45N3O5. The SMILES string of the molecule is CCCCCCCn1nc(-c2ccccc2)c(=O)n(CCCCCc2cccc(OC(C)(C)C(=O)OCC)c2)c1=O. The summed E-state index contributed by atoms with van der Waals surface area (Å²) in [5, 5.41) is 4.49. The summed E-state index contributed by atoms with van der Waals surface area (Å²) in [7, 11) is 0. The predicted octanol–water partition coefficient (Wildman–Crippen LogP) is 6.18. The lowest BCUT2D eigenvalue weighted by Gasteiger charge is -2.24. The van der Waals surface area contributed by atoms with E-state index < -0.39 is 11.6 Å². The molecule has 1 aromatic heterocycles.